The number of ether oxygens (including phenoxy) is 1. The van der Waals surface area contributed by atoms with E-state index in [0.29, 0.717) is 18.4 Å². The molecule has 0 aliphatic rings. The van der Waals surface area contributed by atoms with Gasteiger partial charge in [-0.2, -0.15) is 0 Å². The highest BCUT2D eigenvalue weighted by Gasteiger charge is 2.17. The summed E-state index contributed by atoms with van der Waals surface area (Å²) in [5.41, 5.74) is 0. The molecule has 0 fully saturated rings. The molecule has 3 heteroatoms. The number of rotatable bonds is 9. The predicted octanol–water partition coefficient (Wildman–Crippen LogP) is 3.47. The lowest BCUT2D eigenvalue weighted by Crippen LogP contribution is -2.36. The highest BCUT2D eigenvalue weighted by Crippen LogP contribution is 2.11. The fraction of sp³-hybridized carbons (Fsp3) is 0.933. The third-order valence-corrected chi connectivity index (χ3v) is 3.12. The lowest BCUT2D eigenvalue weighted by Gasteiger charge is -2.29. The summed E-state index contributed by atoms with van der Waals surface area (Å²) >= 11 is 0. The largest absolute Gasteiger partial charge is 0.463 e. The van der Waals surface area contributed by atoms with Crippen LogP contribution in [-0.2, 0) is 9.53 Å². The minimum atomic E-state index is -0.0664. The topological polar surface area (TPSA) is 29.5 Å². The maximum absolute atomic E-state index is 11.6. The smallest absolute Gasteiger partial charge is 0.306 e. The van der Waals surface area contributed by atoms with Gasteiger partial charge in [0.05, 0.1) is 0 Å². The Morgan fingerprint density at radius 2 is 1.78 bits per heavy atom. The number of esters is 1. The molecule has 0 spiro atoms. The van der Waals surface area contributed by atoms with Crippen molar-refractivity contribution < 1.29 is 9.53 Å². The third-order valence-electron chi connectivity index (χ3n) is 3.12. The molecule has 0 saturated heterocycles. The third kappa shape index (κ3) is 7.70. The molecular weight excluding hydrogens is 226 g/mol. The van der Waals surface area contributed by atoms with Gasteiger partial charge in [-0.05, 0) is 45.7 Å². The van der Waals surface area contributed by atoms with E-state index < -0.39 is 0 Å². The first-order valence-electron chi connectivity index (χ1n) is 7.34. The quantitative estimate of drug-likeness (QED) is 0.592. The summed E-state index contributed by atoms with van der Waals surface area (Å²) in [6.45, 7) is 14.8. The van der Waals surface area contributed by atoms with Crippen molar-refractivity contribution >= 4 is 5.97 Å². The number of carbonyl (C=O) groups is 1. The van der Waals surface area contributed by atoms with Gasteiger partial charge in [0.15, 0.2) is 0 Å². The Hall–Kier alpha value is -0.570. The summed E-state index contributed by atoms with van der Waals surface area (Å²) in [6, 6.07) is 0.469. The molecule has 0 radical (unpaired) electrons. The fourth-order valence-electron chi connectivity index (χ4n) is 2.26. The average molecular weight is 257 g/mol. The Balaban J connectivity index is 4.05. The zero-order valence-electron chi connectivity index (χ0n) is 13.0. The molecule has 108 valence electrons. The highest BCUT2D eigenvalue weighted by molar-refractivity contribution is 5.69. The van der Waals surface area contributed by atoms with E-state index in [1.165, 1.54) is 6.42 Å². The molecule has 0 aliphatic carbocycles. The van der Waals surface area contributed by atoms with E-state index in [1.54, 1.807) is 0 Å². The summed E-state index contributed by atoms with van der Waals surface area (Å²) in [4.78, 5) is 14.0. The first-order valence-corrected chi connectivity index (χ1v) is 7.34. The van der Waals surface area contributed by atoms with E-state index in [1.807, 2.05) is 20.8 Å². The van der Waals surface area contributed by atoms with Crippen LogP contribution >= 0.6 is 0 Å². The molecule has 0 N–H and O–H groups in total. The van der Waals surface area contributed by atoms with E-state index >= 15 is 0 Å². The Labute approximate surface area is 113 Å². The Morgan fingerprint density at radius 1 is 1.17 bits per heavy atom. The minimum Gasteiger partial charge on any atom is -0.463 e. The van der Waals surface area contributed by atoms with Crippen LogP contribution in [0.5, 0.6) is 0 Å². The van der Waals surface area contributed by atoms with Crippen LogP contribution in [0.4, 0.5) is 0 Å². The molecule has 2 unspecified atom stereocenters. The second kappa shape index (κ2) is 9.37. The molecule has 3 nitrogen and oxygen atoms in total. The van der Waals surface area contributed by atoms with Crippen molar-refractivity contribution in [3.05, 3.63) is 0 Å². The summed E-state index contributed by atoms with van der Waals surface area (Å²) in [5, 5.41) is 0. The average Bonchev–Trinajstić information content (AvgIpc) is 2.23. The van der Waals surface area contributed by atoms with Crippen molar-refractivity contribution in [3.8, 4) is 0 Å². The maximum atomic E-state index is 11.6. The van der Waals surface area contributed by atoms with Crippen LogP contribution in [0.2, 0.25) is 0 Å². The molecule has 0 aromatic heterocycles. The van der Waals surface area contributed by atoms with Crippen LogP contribution in [0, 0.1) is 5.92 Å². The molecule has 0 aliphatic heterocycles. The van der Waals surface area contributed by atoms with Gasteiger partial charge >= 0.3 is 5.97 Å². The zero-order chi connectivity index (χ0) is 14.1. The molecule has 0 saturated carbocycles. The second-order valence-corrected chi connectivity index (χ2v) is 5.61. The van der Waals surface area contributed by atoms with Gasteiger partial charge in [-0.1, -0.05) is 27.7 Å². The molecule has 2 atom stereocenters. The van der Waals surface area contributed by atoms with Crippen molar-refractivity contribution in [2.24, 2.45) is 5.92 Å². The first-order chi connectivity index (χ1) is 8.40. The van der Waals surface area contributed by atoms with Crippen LogP contribution in [0.3, 0.4) is 0 Å². The van der Waals surface area contributed by atoms with E-state index in [9.17, 15) is 4.79 Å². The maximum Gasteiger partial charge on any atom is 0.306 e. The van der Waals surface area contributed by atoms with E-state index in [-0.39, 0.29) is 12.1 Å². The number of hydrogen-bond donors (Lipinski definition) is 0. The van der Waals surface area contributed by atoms with Crippen LogP contribution in [0.15, 0.2) is 0 Å². The highest BCUT2D eigenvalue weighted by atomic mass is 16.5. The van der Waals surface area contributed by atoms with Crippen molar-refractivity contribution in [2.75, 3.05) is 13.1 Å². The molecule has 0 heterocycles. The lowest BCUT2D eigenvalue weighted by molar-refractivity contribution is -0.149. The Morgan fingerprint density at radius 3 is 2.22 bits per heavy atom. The van der Waals surface area contributed by atoms with Gasteiger partial charge in [-0.3, -0.25) is 4.79 Å². The summed E-state index contributed by atoms with van der Waals surface area (Å²) in [5.74, 6) is 0.303. The zero-order valence-corrected chi connectivity index (χ0v) is 13.0. The molecular formula is C15H31NO2. The van der Waals surface area contributed by atoms with Crippen LogP contribution in [0.25, 0.3) is 0 Å². The van der Waals surface area contributed by atoms with Gasteiger partial charge < -0.3 is 9.64 Å². The SMILES string of the molecule is CCCN(CC)C(C)CC(C)OC(=O)CC(C)C. The minimum absolute atomic E-state index is 0.0113. The lowest BCUT2D eigenvalue weighted by atomic mass is 10.1. The fourth-order valence-corrected chi connectivity index (χ4v) is 2.26. The van der Waals surface area contributed by atoms with Crippen molar-refractivity contribution in [3.63, 3.8) is 0 Å². The first kappa shape index (κ1) is 17.4. The van der Waals surface area contributed by atoms with Crippen LogP contribution in [-0.4, -0.2) is 36.1 Å². The monoisotopic (exact) mass is 257 g/mol. The Kier molecular flexibility index (Phi) is 9.08. The molecule has 0 rings (SSSR count). The van der Waals surface area contributed by atoms with Gasteiger partial charge in [0.1, 0.15) is 6.10 Å². The van der Waals surface area contributed by atoms with Crippen molar-refractivity contribution in [2.45, 2.75) is 73.0 Å². The normalized spacial score (nSPS) is 14.9. The van der Waals surface area contributed by atoms with Crippen molar-refractivity contribution in [1.82, 2.24) is 4.90 Å². The van der Waals surface area contributed by atoms with Gasteiger partial charge in [0.25, 0.3) is 0 Å². The molecule has 0 aromatic rings. The number of hydrogen-bond acceptors (Lipinski definition) is 3. The van der Waals surface area contributed by atoms with Gasteiger partial charge in [0, 0.05) is 12.5 Å². The summed E-state index contributed by atoms with van der Waals surface area (Å²) < 4.78 is 5.44. The molecule has 0 aromatic carbocycles. The predicted molar refractivity (Wildman–Crippen MR) is 76.6 cm³/mol. The van der Waals surface area contributed by atoms with Gasteiger partial charge in [-0.25, -0.2) is 0 Å². The number of carbonyl (C=O) groups excluding carboxylic acids is 1. The van der Waals surface area contributed by atoms with E-state index in [4.69, 9.17) is 4.74 Å². The van der Waals surface area contributed by atoms with E-state index in [0.717, 1.165) is 19.5 Å². The Bertz CT molecular complexity index is 229. The van der Waals surface area contributed by atoms with Crippen molar-refractivity contribution in [1.29, 1.82) is 0 Å². The molecule has 0 amide bonds. The van der Waals surface area contributed by atoms with Gasteiger partial charge in [-0.15, -0.1) is 0 Å². The van der Waals surface area contributed by atoms with Crippen LogP contribution in [0.1, 0.15) is 60.8 Å². The molecule has 0 bridgehead atoms. The van der Waals surface area contributed by atoms with Crippen LogP contribution < -0.4 is 0 Å². The van der Waals surface area contributed by atoms with Gasteiger partial charge in [0.2, 0.25) is 0 Å². The second-order valence-electron chi connectivity index (χ2n) is 5.61. The molecule has 18 heavy (non-hydrogen) atoms. The van der Waals surface area contributed by atoms with E-state index in [2.05, 4.69) is 25.7 Å². The standard InChI is InChI=1S/C15H31NO2/c1-7-9-16(8-2)13(5)11-14(6)18-15(17)10-12(3)4/h12-14H,7-11H2,1-6H3. The number of nitrogens with zero attached hydrogens (tertiary/aromatic N) is 1. The summed E-state index contributed by atoms with van der Waals surface area (Å²) in [7, 11) is 0. The summed E-state index contributed by atoms with van der Waals surface area (Å²) in [6.07, 6.45) is 2.61.